The lowest BCUT2D eigenvalue weighted by Crippen LogP contribution is -2.28. The number of carbonyl (C=O) groups excluding carboxylic acids is 1. The fourth-order valence-electron chi connectivity index (χ4n) is 0.880. The Kier molecular flexibility index (Phi) is 2.28. The van der Waals surface area contributed by atoms with Crippen molar-refractivity contribution in [1.82, 2.24) is 4.90 Å². The minimum absolute atomic E-state index is 0.0140. The number of ether oxygens (including phenoxy) is 1. The fraction of sp³-hybridized carbons (Fsp3) is 0.875. The van der Waals surface area contributed by atoms with E-state index in [1.807, 2.05) is 20.8 Å². The maximum Gasteiger partial charge on any atom is 0.410 e. The molecule has 1 N–H and O–H groups in total. The van der Waals surface area contributed by atoms with Gasteiger partial charge in [-0.15, -0.1) is 0 Å². The molecular weight excluding hydrogens is 158 g/mol. The van der Waals surface area contributed by atoms with E-state index in [0.717, 1.165) is 0 Å². The molecule has 1 heterocycles. The topological polar surface area (TPSA) is 49.5 Å². The highest BCUT2D eigenvalue weighted by molar-refractivity contribution is 5.71. The van der Waals surface area contributed by atoms with E-state index in [2.05, 4.69) is 0 Å². The zero-order chi connectivity index (χ0) is 9.35. The second kappa shape index (κ2) is 2.94. The summed E-state index contributed by atoms with van der Waals surface area (Å²) in [4.78, 5) is 12.7. The van der Waals surface area contributed by atoms with E-state index in [4.69, 9.17) is 9.84 Å². The molecule has 70 valence electrons. The minimum Gasteiger partial charge on any atom is -0.444 e. The van der Waals surface area contributed by atoms with Crippen molar-refractivity contribution in [3.8, 4) is 0 Å². The highest BCUT2D eigenvalue weighted by Crippen LogP contribution is 2.20. The minimum atomic E-state index is -0.445. The van der Waals surface area contributed by atoms with Gasteiger partial charge in [-0.2, -0.15) is 0 Å². The summed E-state index contributed by atoms with van der Waals surface area (Å²) in [5, 5.41) is 8.67. The van der Waals surface area contributed by atoms with Crippen molar-refractivity contribution in [2.24, 2.45) is 0 Å². The molecule has 0 aliphatic carbocycles. The molecule has 0 aromatic heterocycles. The van der Waals surface area contributed by atoms with Crippen LogP contribution in [-0.2, 0) is 4.74 Å². The molecule has 0 bridgehead atoms. The average molecular weight is 173 g/mol. The number of amides is 1. The van der Waals surface area contributed by atoms with Gasteiger partial charge in [-0.05, 0) is 20.8 Å². The SMILES string of the molecule is CC(C)(C)OC(=O)N1C[C@H]1CO. The summed E-state index contributed by atoms with van der Waals surface area (Å²) in [6.45, 7) is 6.11. The van der Waals surface area contributed by atoms with Gasteiger partial charge in [-0.1, -0.05) is 0 Å². The maximum absolute atomic E-state index is 11.2. The number of nitrogens with zero attached hydrogens (tertiary/aromatic N) is 1. The van der Waals surface area contributed by atoms with Crippen LogP contribution >= 0.6 is 0 Å². The van der Waals surface area contributed by atoms with E-state index < -0.39 is 5.60 Å². The number of hydrogen-bond donors (Lipinski definition) is 1. The van der Waals surface area contributed by atoms with Crippen LogP contribution in [0.5, 0.6) is 0 Å². The largest absolute Gasteiger partial charge is 0.444 e. The van der Waals surface area contributed by atoms with E-state index in [9.17, 15) is 4.79 Å². The molecule has 0 spiro atoms. The van der Waals surface area contributed by atoms with Gasteiger partial charge < -0.3 is 9.84 Å². The van der Waals surface area contributed by atoms with Gasteiger partial charge in [-0.3, -0.25) is 4.90 Å². The Morgan fingerprint density at radius 3 is 2.58 bits per heavy atom. The third-order valence-electron chi connectivity index (χ3n) is 1.55. The predicted molar refractivity (Wildman–Crippen MR) is 43.8 cm³/mol. The molecule has 1 fully saturated rings. The number of hydrogen-bond acceptors (Lipinski definition) is 3. The molecule has 1 aliphatic rings. The summed E-state index contributed by atoms with van der Waals surface area (Å²) in [6.07, 6.45) is -0.332. The van der Waals surface area contributed by atoms with Crippen molar-refractivity contribution in [2.75, 3.05) is 13.2 Å². The van der Waals surface area contributed by atoms with Crippen molar-refractivity contribution in [1.29, 1.82) is 0 Å². The Bertz CT molecular complexity index is 185. The third-order valence-corrected chi connectivity index (χ3v) is 1.55. The van der Waals surface area contributed by atoms with Gasteiger partial charge >= 0.3 is 6.09 Å². The summed E-state index contributed by atoms with van der Waals surface area (Å²) in [5.41, 5.74) is -0.445. The maximum atomic E-state index is 11.2. The molecule has 0 aromatic rings. The van der Waals surface area contributed by atoms with Crippen LogP contribution in [0.25, 0.3) is 0 Å². The molecule has 1 amide bonds. The van der Waals surface area contributed by atoms with Crippen LogP contribution in [0.3, 0.4) is 0 Å². The van der Waals surface area contributed by atoms with Gasteiger partial charge in [0.05, 0.1) is 12.6 Å². The van der Waals surface area contributed by atoms with Gasteiger partial charge in [-0.25, -0.2) is 4.79 Å². The molecular formula is C8H15NO3. The van der Waals surface area contributed by atoms with Gasteiger partial charge in [0.2, 0.25) is 0 Å². The molecule has 1 rings (SSSR count). The van der Waals surface area contributed by atoms with Crippen LogP contribution in [0.1, 0.15) is 20.8 Å². The fourth-order valence-corrected chi connectivity index (χ4v) is 0.880. The molecule has 4 heteroatoms. The lowest BCUT2D eigenvalue weighted by atomic mass is 10.2. The second-order valence-corrected chi connectivity index (χ2v) is 3.97. The molecule has 0 unspecified atom stereocenters. The first kappa shape index (κ1) is 9.32. The Hall–Kier alpha value is -0.770. The first-order chi connectivity index (χ1) is 5.44. The van der Waals surface area contributed by atoms with Crippen molar-refractivity contribution in [3.05, 3.63) is 0 Å². The van der Waals surface area contributed by atoms with E-state index in [1.165, 1.54) is 4.90 Å². The molecule has 1 atom stereocenters. The van der Waals surface area contributed by atoms with Crippen LogP contribution in [0.15, 0.2) is 0 Å². The van der Waals surface area contributed by atoms with Crippen LogP contribution in [0.4, 0.5) is 4.79 Å². The smallest absolute Gasteiger partial charge is 0.410 e. The van der Waals surface area contributed by atoms with E-state index >= 15 is 0 Å². The van der Waals surface area contributed by atoms with Gasteiger partial charge in [0.15, 0.2) is 0 Å². The lowest BCUT2D eigenvalue weighted by molar-refractivity contribution is 0.0395. The monoisotopic (exact) mass is 173 g/mol. The number of rotatable bonds is 1. The van der Waals surface area contributed by atoms with Gasteiger partial charge in [0.25, 0.3) is 0 Å². The van der Waals surface area contributed by atoms with Gasteiger partial charge in [0.1, 0.15) is 5.60 Å². The van der Waals surface area contributed by atoms with Crippen LogP contribution in [-0.4, -0.2) is 40.9 Å². The highest BCUT2D eigenvalue weighted by Gasteiger charge is 2.40. The van der Waals surface area contributed by atoms with Crippen LogP contribution < -0.4 is 0 Å². The normalized spacial score (nSPS) is 22.3. The number of carbonyl (C=O) groups is 1. The zero-order valence-corrected chi connectivity index (χ0v) is 7.70. The third kappa shape index (κ3) is 2.37. The number of aliphatic hydroxyl groups is 1. The van der Waals surface area contributed by atoms with Crippen molar-refractivity contribution >= 4 is 6.09 Å². The summed E-state index contributed by atoms with van der Waals surface area (Å²) in [5.74, 6) is 0. The van der Waals surface area contributed by atoms with E-state index in [0.29, 0.717) is 6.54 Å². The van der Waals surface area contributed by atoms with Crippen LogP contribution in [0.2, 0.25) is 0 Å². The first-order valence-corrected chi connectivity index (χ1v) is 4.04. The lowest BCUT2D eigenvalue weighted by Gasteiger charge is -2.19. The molecule has 0 radical (unpaired) electrons. The molecule has 0 saturated carbocycles. The van der Waals surface area contributed by atoms with Gasteiger partial charge in [0, 0.05) is 6.54 Å². The van der Waals surface area contributed by atoms with Crippen molar-refractivity contribution < 1.29 is 14.6 Å². The molecule has 4 nitrogen and oxygen atoms in total. The zero-order valence-electron chi connectivity index (χ0n) is 7.70. The summed E-state index contributed by atoms with van der Waals surface area (Å²) >= 11 is 0. The standard InChI is InChI=1S/C8H15NO3/c1-8(2,3)12-7(11)9-4-6(9)5-10/h6,10H,4-5H2,1-3H3/t6-,9?/m0/s1. The quantitative estimate of drug-likeness (QED) is 0.591. The Labute approximate surface area is 72.1 Å². The second-order valence-electron chi connectivity index (χ2n) is 3.97. The Balaban J connectivity index is 2.32. The van der Waals surface area contributed by atoms with E-state index in [-0.39, 0.29) is 18.7 Å². The van der Waals surface area contributed by atoms with Crippen LogP contribution in [0, 0.1) is 0 Å². The predicted octanol–water partition coefficient (Wildman–Crippen LogP) is 0.598. The summed E-state index contributed by atoms with van der Waals surface area (Å²) in [7, 11) is 0. The molecule has 1 aliphatic heterocycles. The molecule has 0 aromatic carbocycles. The Morgan fingerprint density at radius 2 is 2.25 bits per heavy atom. The Morgan fingerprint density at radius 1 is 1.67 bits per heavy atom. The number of aliphatic hydroxyl groups excluding tert-OH is 1. The first-order valence-electron chi connectivity index (χ1n) is 4.04. The highest BCUT2D eigenvalue weighted by atomic mass is 16.6. The average Bonchev–Trinajstić information content (AvgIpc) is 2.60. The van der Waals surface area contributed by atoms with Crippen molar-refractivity contribution in [2.45, 2.75) is 32.4 Å². The van der Waals surface area contributed by atoms with Crippen molar-refractivity contribution in [3.63, 3.8) is 0 Å². The molecule has 12 heavy (non-hydrogen) atoms. The van der Waals surface area contributed by atoms with E-state index in [1.54, 1.807) is 0 Å². The summed E-state index contributed by atoms with van der Waals surface area (Å²) in [6, 6.07) is -0.0140. The summed E-state index contributed by atoms with van der Waals surface area (Å²) < 4.78 is 5.07. The molecule has 1 saturated heterocycles.